The Morgan fingerprint density at radius 3 is 2.46 bits per heavy atom. The van der Waals surface area contributed by atoms with Gasteiger partial charge >= 0.3 is 0 Å². The third kappa shape index (κ3) is 4.17. The van der Waals surface area contributed by atoms with E-state index in [2.05, 4.69) is 4.72 Å². The predicted molar refractivity (Wildman–Crippen MR) is 86.1 cm³/mol. The fraction of sp³-hybridized carbons (Fsp3) is 0.143. The number of nitriles is 1. The van der Waals surface area contributed by atoms with Gasteiger partial charge in [-0.05, 0) is 17.7 Å². The van der Waals surface area contributed by atoms with Crippen LogP contribution in [0.15, 0.2) is 41.3 Å². The van der Waals surface area contributed by atoms with E-state index in [-0.39, 0.29) is 17.8 Å². The predicted octanol–water partition coefficient (Wildman–Crippen LogP) is 1.05. The van der Waals surface area contributed by atoms with Gasteiger partial charge in [0.1, 0.15) is 11.6 Å². The zero-order valence-corrected chi connectivity index (χ0v) is 13.3. The van der Waals surface area contributed by atoms with Crippen LogP contribution in [0.2, 0.25) is 0 Å². The molecule has 1 aromatic carbocycles. The second-order valence-electron chi connectivity index (χ2n) is 4.99. The number of pyridine rings is 1. The van der Waals surface area contributed by atoms with Crippen LogP contribution in [0.4, 0.5) is 11.4 Å². The maximum atomic E-state index is 12.1. The van der Waals surface area contributed by atoms with Crippen LogP contribution < -0.4 is 10.3 Å². The third-order valence-electron chi connectivity index (χ3n) is 3.01. The molecule has 1 heterocycles. The molecule has 124 valence electrons. The Kier molecular flexibility index (Phi) is 4.66. The Morgan fingerprint density at radius 2 is 1.96 bits per heavy atom. The first-order chi connectivity index (χ1) is 11.2. The number of rotatable bonds is 5. The van der Waals surface area contributed by atoms with Gasteiger partial charge in [-0.25, -0.2) is 8.42 Å². The van der Waals surface area contributed by atoms with Crippen LogP contribution in [-0.2, 0) is 16.6 Å². The molecule has 0 fully saturated rings. The largest absolute Gasteiger partial charge is 0.303 e. The molecule has 1 N–H and O–H groups in total. The first kappa shape index (κ1) is 17.2. The molecule has 0 aliphatic heterocycles. The lowest BCUT2D eigenvalue weighted by molar-refractivity contribution is -0.385. The average Bonchev–Trinajstić information content (AvgIpc) is 2.49. The van der Waals surface area contributed by atoms with Crippen molar-refractivity contribution in [1.82, 2.24) is 4.57 Å². The van der Waals surface area contributed by atoms with Gasteiger partial charge in [-0.3, -0.25) is 19.6 Å². The van der Waals surface area contributed by atoms with E-state index >= 15 is 0 Å². The molecule has 9 nitrogen and oxygen atoms in total. The number of benzene rings is 1. The zero-order chi connectivity index (χ0) is 17.9. The summed E-state index contributed by atoms with van der Waals surface area (Å²) in [6.07, 6.45) is 2.08. The van der Waals surface area contributed by atoms with Gasteiger partial charge in [0, 0.05) is 11.8 Å². The van der Waals surface area contributed by atoms with E-state index in [4.69, 9.17) is 5.26 Å². The van der Waals surface area contributed by atoms with Gasteiger partial charge < -0.3 is 4.57 Å². The van der Waals surface area contributed by atoms with Crippen molar-refractivity contribution in [2.24, 2.45) is 0 Å². The maximum Gasteiger partial charge on any atom is 0.287 e. The van der Waals surface area contributed by atoms with Crippen LogP contribution in [0, 0.1) is 21.4 Å². The molecule has 1 aromatic heterocycles. The molecule has 0 atom stereocenters. The number of hydrogen-bond acceptors (Lipinski definition) is 6. The second kappa shape index (κ2) is 6.51. The second-order valence-corrected chi connectivity index (χ2v) is 6.73. The fourth-order valence-corrected chi connectivity index (χ4v) is 2.57. The maximum absolute atomic E-state index is 12.1. The molecule has 24 heavy (non-hydrogen) atoms. The van der Waals surface area contributed by atoms with Crippen molar-refractivity contribution in [3.63, 3.8) is 0 Å². The van der Waals surface area contributed by atoms with Crippen LogP contribution in [-0.4, -0.2) is 24.2 Å². The van der Waals surface area contributed by atoms with E-state index in [1.54, 1.807) is 18.2 Å². The lowest BCUT2D eigenvalue weighted by Gasteiger charge is -2.08. The lowest BCUT2D eigenvalue weighted by atomic mass is 10.2. The molecule has 2 rings (SSSR count). The standard InChI is InChI=1S/C14H12N4O5S/c1-24(22,23)16-12-4-2-10(3-5-12)8-17-9-13(18(20)21)6-11(7-15)14(17)19/h2-6,9,16H,8H2,1H3. The molecule has 0 saturated heterocycles. The van der Waals surface area contributed by atoms with Gasteiger partial charge in [-0.2, -0.15) is 5.26 Å². The number of nitrogens with one attached hydrogen (secondary N) is 1. The quantitative estimate of drug-likeness (QED) is 0.633. The van der Waals surface area contributed by atoms with Crippen LogP contribution in [0.1, 0.15) is 11.1 Å². The summed E-state index contributed by atoms with van der Waals surface area (Å²) in [7, 11) is -3.40. The summed E-state index contributed by atoms with van der Waals surface area (Å²) >= 11 is 0. The number of hydrogen-bond donors (Lipinski definition) is 1. The zero-order valence-electron chi connectivity index (χ0n) is 12.5. The van der Waals surface area contributed by atoms with Crippen LogP contribution in [0.5, 0.6) is 0 Å². The van der Waals surface area contributed by atoms with Gasteiger partial charge in [-0.1, -0.05) is 12.1 Å². The minimum Gasteiger partial charge on any atom is -0.303 e. The molecular weight excluding hydrogens is 336 g/mol. The van der Waals surface area contributed by atoms with E-state index in [9.17, 15) is 23.3 Å². The summed E-state index contributed by atoms with van der Waals surface area (Å²) in [5.41, 5.74) is -0.353. The first-order valence-corrected chi connectivity index (χ1v) is 8.44. The Balaban J connectivity index is 2.34. The third-order valence-corrected chi connectivity index (χ3v) is 3.62. The van der Waals surface area contributed by atoms with Crippen LogP contribution in [0.3, 0.4) is 0 Å². The molecular formula is C14H12N4O5S. The van der Waals surface area contributed by atoms with Crippen molar-refractivity contribution in [3.8, 4) is 6.07 Å². The lowest BCUT2D eigenvalue weighted by Crippen LogP contribution is -2.23. The highest BCUT2D eigenvalue weighted by atomic mass is 32.2. The molecule has 0 unspecified atom stereocenters. The van der Waals surface area contributed by atoms with Crippen molar-refractivity contribution in [3.05, 3.63) is 68.1 Å². The van der Waals surface area contributed by atoms with Gasteiger partial charge in [0.25, 0.3) is 11.2 Å². The number of aromatic nitrogens is 1. The summed E-state index contributed by atoms with van der Waals surface area (Å²) in [6, 6.07) is 8.72. The van der Waals surface area contributed by atoms with E-state index < -0.39 is 20.5 Å². The summed E-state index contributed by atoms with van der Waals surface area (Å²) in [6.45, 7) is 0.00828. The number of anilines is 1. The molecule has 10 heteroatoms. The minimum absolute atomic E-state index is 0.00828. The minimum atomic E-state index is -3.40. The number of nitro groups is 1. The summed E-state index contributed by atoms with van der Waals surface area (Å²) < 4.78 is 25.6. The van der Waals surface area contributed by atoms with Crippen LogP contribution in [0.25, 0.3) is 0 Å². The van der Waals surface area contributed by atoms with Gasteiger partial charge in [0.05, 0.1) is 23.9 Å². The summed E-state index contributed by atoms with van der Waals surface area (Å²) in [5.74, 6) is 0. The Bertz CT molecular complexity index is 987. The molecule has 0 bridgehead atoms. The highest BCUT2D eigenvalue weighted by Crippen LogP contribution is 2.14. The summed E-state index contributed by atoms with van der Waals surface area (Å²) in [4.78, 5) is 22.3. The molecule has 0 aliphatic rings. The van der Waals surface area contributed by atoms with E-state index in [0.29, 0.717) is 11.3 Å². The Morgan fingerprint density at radius 1 is 1.33 bits per heavy atom. The van der Waals surface area contributed by atoms with Crippen molar-refractivity contribution >= 4 is 21.4 Å². The normalized spacial score (nSPS) is 10.8. The highest BCUT2D eigenvalue weighted by Gasteiger charge is 2.14. The van der Waals surface area contributed by atoms with E-state index in [1.165, 1.54) is 12.1 Å². The van der Waals surface area contributed by atoms with Gasteiger partial charge in [-0.15, -0.1) is 0 Å². The Hall–Kier alpha value is -3.19. The molecule has 0 saturated carbocycles. The van der Waals surface area contributed by atoms with Gasteiger partial charge in [0.15, 0.2) is 0 Å². The molecule has 0 amide bonds. The van der Waals surface area contributed by atoms with Crippen molar-refractivity contribution in [1.29, 1.82) is 5.26 Å². The van der Waals surface area contributed by atoms with Gasteiger partial charge in [0.2, 0.25) is 10.0 Å². The SMILES string of the molecule is CS(=O)(=O)Nc1ccc(Cn2cc([N+](=O)[O-])cc(C#N)c2=O)cc1. The smallest absolute Gasteiger partial charge is 0.287 e. The monoisotopic (exact) mass is 348 g/mol. The molecule has 0 radical (unpaired) electrons. The summed E-state index contributed by atoms with van der Waals surface area (Å²) in [5, 5.41) is 19.8. The van der Waals surface area contributed by atoms with Crippen LogP contribution >= 0.6 is 0 Å². The number of nitrogens with zero attached hydrogens (tertiary/aromatic N) is 3. The van der Waals surface area contributed by atoms with E-state index in [0.717, 1.165) is 23.1 Å². The first-order valence-electron chi connectivity index (χ1n) is 6.55. The van der Waals surface area contributed by atoms with Crippen molar-refractivity contribution < 1.29 is 13.3 Å². The molecule has 0 spiro atoms. The highest BCUT2D eigenvalue weighted by molar-refractivity contribution is 7.92. The van der Waals surface area contributed by atoms with Crippen molar-refractivity contribution in [2.45, 2.75) is 6.54 Å². The topological polar surface area (TPSA) is 135 Å². The van der Waals surface area contributed by atoms with Crippen molar-refractivity contribution in [2.75, 3.05) is 11.0 Å². The Labute approximate surface area is 137 Å². The molecule has 2 aromatic rings. The van der Waals surface area contributed by atoms with E-state index in [1.807, 2.05) is 0 Å². The average molecular weight is 348 g/mol. The molecule has 0 aliphatic carbocycles. The number of sulfonamides is 1. The fourth-order valence-electron chi connectivity index (χ4n) is 2.01.